The number of thioether (sulfide) groups is 1. The van der Waals surface area contributed by atoms with Gasteiger partial charge in [0.15, 0.2) is 5.82 Å². The Balaban J connectivity index is 1.43. The number of ether oxygens (including phenoxy) is 1. The third-order valence-electron chi connectivity index (χ3n) is 5.88. The molecule has 2 fully saturated rings. The summed E-state index contributed by atoms with van der Waals surface area (Å²) in [5.41, 5.74) is 3.39. The van der Waals surface area contributed by atoms with Crippen LogP contribution in [-0.2, 0) is 4.74 Å². The Bertz CT molecular complexity index is 987. The van der Waals surface area contributed by atoms with Gasteiger partial charge in [-0.3, -0.25) is 5.10 Å². The highest BCUT2D eigenvalue weighted by Crippen LogP contribution is 2.42. The summed E-state index contributed by atoms with van der Waals surface area (Å²) in [6.45, 7) is 3.70. The first-order valence-corrected chi connectivity index (χ1v) is 12.6. The van der Waals surface area contributed by atoms with Gasteiger partial charge in [-0.05, 0) is 38.3 Å². The van der Waals surface area contributed by atoms with Gasteiger partial charge >= 0.3 is 0 Å². The molecule has 0 radical (unpaired) electrons. The molecule has 158 valence electrons. The van der Waals surface area contributed by atoms with Crippen molar-refractivity contribution in [2.24, 2.45) is 0 Å². The molecule has 2 aromatic heterocycles. The van der Waals surface area contributed by atoms with Crippen molar-refractivity contribution in [1.29, 1.82) is 0 Å². The summed E-state index contributed by atoms with van der Waals surface area (Å²) < 4.78 is 5.63. The van der Waals surface area contributed by atoms with Gasteiger partial charge in [0.05, 0.1) is 16.5 Å². The lowest BCUT2D eigenvalue weighted by atomic mass is 9.90. The number of thiazole rings is 1. The number of anilines is 2. The molecule has 5 rings (SSSR count). The monoisotopic (exact) mass is 440 g/mol. The Kier molecular flexibility index (Phi) is 6.11. The Morgan fingerprint density at radius 2 is 2.07 bits per heavy atom. The molecule has 1 aromatic carbocycles. The van der Waals surface area contributed by atoms with E-state index in [9.17, 15) is 0 Å². The summed E-state index contributed by atoms with van der Waals surface area (Å²) in [4.78, 5) is 7.41. The largest absolute Gasteiger partial charge is 0.380 e. The Labute approximate surface area is 186 Å². The molecule has 5 nitrogen and oxygen atoms in total. The van der Waals surface area contributed by atoms with Gasteiger partial charge in [0, 0.05) is 51.9 Å². The summed E-state index contributed by atoms with van der Waals surface area (Å²) in [5, 5.41) is 12.6. The van der Waals surface area contributed by atoms with Crippen molar-refractivity contribution in [2.75, 3.05) is 18.5 Å². The van der Waals surface area contributed by atoms with Crippen molar-refractivity contribution in [3.8, 4) is 10.4 Å². The Morgan fingerprint density at radius 3 is 2.83 bits per heavy atom. The van der Waals surface area contributed by atoms with Gasteiger partial charge in [0.2, 0.25) is 0 Å². The van der Waals surface area contributed by atoms with Crippen molar-refractivity contribution < 1.29 is 4.74 Å². The first kappa shape index (κ1) is 20.1. The maximum absolute atomic E-state index is 5.63. The molecule has 1 aliphatic carbocycles. The normalized spacial score (nSPS) is 20.0. The predicted octanol–water partition coefficient (Wildman–Crippen LogP) is 6.51. The van der Waals surface area contributed by atoms with E-state index >= 15 is 0 Å². The molecule has 0 bridgehead atoms. The van der Waals surface area contributed by atoms with Crippen LogP contribution in [0.1, 0.15) is 55.1 Å². The van der Waals surface area contributed by atoms with E-state index in [4.69, 9.17) is 9.72 Å². The third kappa shape index (κ3) is 4.58. The van der Waals surface area contributed by atoms with Gasteiger partial charge in [0.25, 0.3) is 0 Å². The van der Waals surface area contributed by atoms with Crippen LogP contribution < -0.4 is 5.32 Å². The van der Waals surface area contributed by atoms with Crippen LogP contribution >= 0.6 is 23.1 Å². The third-order valence-corrected chi connectivity index (χ3v) is 8.37. The number of rotatable bonds is 6. The minimum Gasteiger partial charge on any atom is -0.380 e. The summed E-state index contributed by atoms with van der Waals surface area (Å²) in [6.07, 6.45) is 9.84. The number of aromatic nitrogens is 3. The van der Waals surface area contributed by atoms with E-state index in [-0.39, 0.29) is 0 Å². The molecule has 2 aliphatic rings. The molecule has 1 saturated heterocycles. The van der Waals surface area contributed by atoms with Crippen molar-refractivity contribution in [1.82, 2.24) is 15.2 Å². The molecule has 1 aliphatic heterocycles. The number of H-pyrrole nitrogens is 1. The zero-order valence-corrected chi connectivity index (χ0v) is 19.0. The van der Waals surface area contributed by atoms with Crippen molar-refractivity contribution >= 4 is 34.6 Å². The quantitative estimate of drug-likeness (QED) is 0.457. The van der Waals surface area contributed by atoms with Gasteiger partial charge in [-0.25, -0.2) is 4.98 Å². The molecule has 2 N–H and O–H groups in total. The number of aromatic amines is 1. The second-order valence-electron chi connectivity index (χ2n) is 8.27. The lowest BCUT2D eigenvalue weighted by molar-refractivity contribution is 0.199. The fourth-order valence-electron chi connectivity index (χ4n) is 4.27. The van der Waals surface area contributed by atoms with Crippen molar-refractivity contribution in [2.45, 2.75) is 61.5 Å². The smallest absolute Gasteiger partial charge is 0.152 e. The highest BCUT2D eigenvalue weighted by molar-refractivity contribution is 8.00. The topological polar surface area (TPSA) is 62.8 Å². The van der Waals surface area contributed by atoms with Crippen molar-refractivity contribution in [3.05, 3.63) is 41.2 Å². The number of nitrogens with one attached hydrogen (secondary N) is 2. The van der Waals surface area contributed by atoms with E-state index in [0.717, 1.165) is 36.8 Å². The molecule has 1 unspecified atom stereocenters. The lowest BCUT2D eigenvalue weighted by Gasteiger charge is -2.19. The molecule has 0 spiro atoms. The second kappa shape index (κ2) is 9.12. The van der Waals surface area contributed by atoms with Gasteiger partial charge in [-0.1, -0.05) is 25.3 Å². The fraction of sp³-hybridized carbons (Fsp3) is 0.478. The maximum atomic E-state index is 5.63. The Hall–Kier alpha value is -1.83. The van der Waals surface area contributed by atoms with Crippen LogP contribution in [0, 0.1) is 6.92 Å². The molecule has 30 heavy (non-hydrogen) atoms. The van der Waals surface area contributed by atoms with Crippen molar-refractivity contribution in [3.63, 3.8) is 0 Å². The molecule has 3 aromatic rings. The van der Waals surface area contributed by atoms with E-state index in [1.165, 1.54) is 52.4 Å². The predicted molar refractivity (Wildman–Crippen MR) is 125 cm³/mol. The van der Waals surface area contributed by atoms with E-state index in [0.29, 0.717) is 11.2 Å². The number of nitrogens with zero attached hydrogens (tertiary/aromatic N) is 2. The highest BCUT2D eigenvalue weighted by atomic mass is 32.2. The minimum atomic E-state index is 0.511. The molecule has 1 saturated carbocycles. The number of aryl methyl sites for hydroxylation is 1. The van der Waals surface area contributed by atoms with E-state index in [1.54, 1.807) is 0 Å². The lowest BCUT2D eigenvalue weighted by Crippen LogP contribution is -2.03. The Morgan fingerprint density at radius 1 is 1.17 bits per heavy atom. The SMILES string of the molecule is Cc1cc(Nc2ccc(-c3cnc(C4CCCCC4)s3)c(SC3CCOC3)c2)n[nH]1. The molecule has 1 atom stereocenters. The fourth-order valence-corrected chi connectivity index (χ4v) is 6.70. The van der Waals surface area contributed by atoms with Gasteiger partial charge in [-0.15, -0.1) is 23.1 Å². The molecule has 7 heteroatoms. The summed E-state index contributed by atoms with van der Waals surface area (Å²) in [7, 11) is 0. The van der Waals surface area contributed by atoms with E-state index in [1.807, 2.05) is 36.1 Å². The first-order valence-electron chi connectivity index (χ1n) is 10.9. The second-order valence-corrected chi connectivity index (χ2v) is 10.7. The number of hydrogen-bond acceptors (Lipinski definition) is 6. The summed E-state index contributed by atoms with van der Waals surface area (Å²) in [5.74, 6) is 1.50. The highest BCUT2D eigenvalue weighted by Gasteiger charge is 2.22. The van der Waals surface area contributed by atoms with Crippen LogP contribution in [0.3, 0.4) is 0 Å². The standard InChI is InChI=1S/C23H28N4OS2/c1-15-11-22(27-26-15)25-17-7-8-19(20(12-17)29-18-9-10-28-14-18)21-13-24-23(30-21)16-5-3-2-4-6-16/h7-8,11-13,16,18H,2-6,9-10,14H2,1H3,(H2,25,26,27). The number of hydrogen-bond donors (Lipinski definition) is 2. The zero-order chi connectivity index (χ0) is 20.3. The van der Waals surface area contributed by atoms with Gasteiger partial charge in [0.1, 0.15) is 0 Å². The van der Waals surface area contributed by atoms with Crippen LogP contribution in [0.4, 0.5) is 11.5 Å². The van der Waals surface area contributed by atoms with Crippen LogP contribution in [0.15, 0.2) is 35.4 Å². The van der Waals surface area contributed by atoms with Crippen LogP contribution in [0.2, 0.25) is 0 Å². The van der Waals surface area contributed by atoms with Crippen LogP contribution in [0.5, 0.6) is 0 Å². The van der Waals surface area contributed by atoms with E-state index in [2.05, 4.69) is 39.9 Å². The van der Waals surface area contributed by atoms with E-state index < -0.39 is 0 Å². The van der Waals surface area contributed by atoms with Crippen LogP contribution in [-0.4, -0.2) is 33.6 Å². The summed E-state index contributed by atoms with van der Waals surface area (Å²) in [6, 6.07) is 8.65. The molecular formula is C23H28N4OS2. The summed E-state index contributed by atoms with van der Waals surface area (Å²) >= 11 is 3.82. The van der Waals surface area contributed by atoms with Gasteiger partial charge < -0.3 is 10.1 Å². The zero-order valence-electron chi connectivity index (χ0n) is 17.3. The first-order chi connectivity index (χ1) is 14.7. The van der Waals surface area contributed by atoms with Crippen LogP contribution in [0.25, 0.3) is 10.4 Å². The average Bonchev–Trinajstić information content (AvgIpc) is 3.52. The minimum absolute atomic E-state index is 0.511. The van der Waals surface area contributed by atoms with Gasteiger partial charge in [-0.2, -0.15) is 5.10 Å². The average molecular weight is 441 g/mol. The number of benzene rings is 1. The maximum Gasteiger partial charge on any atom is 0.152 e. The molecule has 0 amide bonds. The molecular weight excluding hydrogens is 412 g/mol. The molecule has 3 heterocycles.